The second-order valence-electron chi connectivity index (χ2n) is 9.88. The van der Waals surface area contributed by atoms with Crippen molar-refractivity contribution in [2.24, 2.45) is 0 Å². The number of hydrogen-bond donors (Lipinski definition) is 2. The highest BCUT2D eigenvalue weighted by atomic mass is 32.1. The van der Waals surface area contributed by atoms with Crippen molar-refractivity contribution in [1.29, 1.82) is 0 Å². The van der Waals surface area contributed by atoms with Crippen molar-refractivity contribution in [3.05, 3.63) is 91.7 Å². The van der Waals surface area contributed by atoms with Crippen LogP contribution >= 0.6 is 11.3 Å². The number of hydrogen-bond acceptors (Lipinski definition) is 6. The molecule has 3 aromatic heterocycles. The molecule has 5 aromatic rings. The summed E-state index contributed by atoms with van der Waals surface area (Å²) < 4.78 is 16.9. The van der Waals surface area contributed by atoms with Crippen LogP contribution in [-0.4, -0.2) is 49.7 Å². The molecule has 1 saturated heterocycles. The van der Waals surface area contributed by atoms with Gasteiger partial charge in [0, 0.05) is 37.1 Å². The zero-order chi connectivity index (χ0) is 26.2. The Kier molecular flexibility index (Phi) is 6.59. The van der Waals surface area contributed by atoms with E-state index in [9.17, 15) is 14.0 Å². The number of aryl methyl sites for hydroxylation is 1. The summed E-state index contributed by atoms with van der Waals surface area (Å²) in [5, 5.41) is 4.23. The number of aromatic amines is 1. The molecule has 8 nitrogen and oxygen atoms in total. The van der Waals surface area contributed by atoms with Crippen LogP contribution in [-0.2, 0) is 13.1 Å². The number of rotatable bonds is 7. The molecule has 1 fully saturated rings. The summed E-state index contributed by atoms with van der Waals surface area (Å²) in [6, 6.07) is 16.7. The average molecular weight is 533 g/mol. The Morgan fingerprint density at radius 2 is 1.82 bits per heavy atom. The maximum Gasteiger partial charge on any atom is 0.329 e. The molecule has 0 atom stereocenters. The summed E-state index contributed by atoms with van der Waals surface area (Å²) in [7, 11) is 0. The van der Waals surface area contributed by atoms with Gasteiger partial charge in [-0.15, -0.1) is 11.3 Å². The number of aromatic nitrogens is 4. The Morgan fingerprint density at radius 1 is 1.05 bits per heavy atom. The van der Waals surface area contributed by atoms with Crippen molar-refractivity contribution in [2.45, 2.75) is 38.9 Å². The fourth-order valence-electron chi connectivity index (χ4n) is 5.21. The third-order valence-corrected chi connectivity index (χ3v) is 8.23. The van der Waals surface area contributed by atoms with E-state index >= 15 is 0 Å². The van der Waals surface area contributed by atoms with Gasteiger partial charge in [-0.3, -0.25) is 14.3 Å². The number of benzene rings is 2. The van der Waals surface area contributed by atoms with E-state index in [1.54, 1.807) is 12.1 Å². The van der Waals surface area contributed by atoms with Gasteiger partial charge >= 0.3 is 5.69 Å². The topological polar surface area (TPSA) is 87.9 Å². The molecule has 196 valence electrons. The third-order valence-electron chi connectivity index (χ3n) is 7.27. The number of nitrogens with zero attached hydrogens (tertiary/aromatic N) is 4. The van der Waals surface area contributed by atoms with E-state index in [2.05, 4.69) is 25.8 Å². The van der Waals surface area contributed by atoms with Crippen molar-refractivity contribution in [1.82, 2.24) is 24.0 Å². The summed E-state index contributed by atoms with van der Waals surface area (Å²) in [5.74, 6) is 0.567. The lowest BCUT2D eigenvalue weighted by atomic mass is 10.1. The third kappa shape index (κ3) is 4.89. The minimum atomic E-state index is -0.346. The van der Waals surface area contributed by atoms with Crippen LogP contribution in [0.3, 0.4) is 0 Å². The summed E-state index contributed by atoms with van der Waals surface area (Å²) in [4.78, 5) is 37.0. The fourth-order valence-corrected chi connectivity index (χ4v) is 6.11. The van der Waals surface area contributed by atoms with Crippen LogP contribution < -0.4 is 16.6 Å². The Hall–Kier alpha value is -3.76. The predicted molar refractivity (Wildman–Crippen MR) is 150 cm³/mol. The van der Waals surface area contributed by atoms with Crippen LogP contribution in [0.1, 0.15) is 23.3 Å². The lowest BCUT2D eigenvalue weighted by Crippen LogP contribution is -2.43. The maximum absolute atomic E-state index is 13.4. The van der Waals surface area contributed by atoms with E-state index in [4.69, 9.17) is 4.98 Å². The molecule has 10 heteroatoms. The van der Waals surface area contributed by atoms with Gasteiger partial charge in [0.05, 0.1) is 23.0 Å². The molecular weight excluding hydrogens is 503 g/mol. The van der Waals surface area contributed by atoms with Crippen molar-refractivity contribution in [2.75, 3.05) is 25.0 Å². The molecule has 0 amide bonds. The number of para-hydroxylation sites is 2. The molecule has 4 heterocycles. The number of thiophene rings is 1. The molecule has 1 aliphatic rings. The Labute approximate surface area is 222 Å². The van der Waals surface area contributed by atoms with Crippen molar-refractivity contribution in [3.8, 4) is 0 Å². The Bertz CT molecular complexity index is 1710. The molecule has 1 aliphatic heterocycles. The van der Waals surface area contributed by atoms with Gasteiger partial charge in [0.2, 0.25) is 5.95 Å². The number of imidazole rings is 1. The van der Waals surface area contributed by atoms with E-state index in [0.29, 0.717) is 29.9 Å². The Balaban J connectivity index is 1.12. The van der Waals surface area contributed by atoms with Gasteiger partial charge in [0.1, 0.15) is 10.6 Å². The van der Waals surface area contributed by atoms with Crippen LogP contribution in [0.4, 0.5) is 10.3 Å². The van der Waals surface area contributed by atoms with Crippen LogP contribution in [0, 0.1) is 12.7 Å². The zero-order valence-corrected chi connectivity index (χ0v) is 21.9. The van der Waals surface area contributed by atoms with E-state index in [0.717, 1.165) is 53.4 Å². The van der Waals surface area contributed by atoms with Crippen LogP contribution in [0.2, 0.25) is 0 Å². The number of likely N-dealkylation sites (tertiary alicyclic amines) is 1. The van der Waals surface area contributed by atoms with Gasteiger partial charge in [-0.2, -0.15) is 0 Å². The largest absolute Gasteiger partial charge is 0.353 e. The molecule has 38 heavy (non-hydrogen) atoms. The molecule has 0 saturated carbocycles. The summed E-state index contributed by atoms with van der Waals surface area (Å²) >= 11 is 1.43. The van der Waals surface area contributed by atoms with Crippen LogP contribution in [0.15, 0.2) is 64.2 Å². The van der Waals surface area contributed by atoms with Gasteiger partial charge in [0.25, 0.3) is 5.56 Å². The molecule has 2 aromatic carbocycles. The summed E-state index contributed by atoms with van der Waals surface area (Å²) in [6.07, 6.45) is 1.85. The average Bonchev–Trinajstić information content (AvgIpc) is 3.45. The van der Waals surface area contributed by atoms with Gasteiger partial charge < -0.3 is 14.8 Å². The minimum Gasteiger partial charge on any atom is -0.353 e. The number of H-pyrrole nitrogens is 1. The van der Waals surface area contributed by atoms with Crippen LogP contribution in [0.25, 0.3) is 21.3 Å². The van der Waals surface area contributed by atoms with E-state index in [1.165, 1.54) is 28.0 Å². The zero-order valence-electron chi connectivity index (χ0n) is 21.1. The second kappa shape index (κ2) is 10.2. The van der Waals surface area contributed by atoms with Crippen molar-refractivity contribution >= 4 is 38.5 Å². The quantitative estimate of drug-likeness (QED) is 0.329. The highest BCUT2D eigenvalue weighted by molar-refractivity contribution is 7.18. The van der Waals surface area contributed by atoms with Crippen molar-refractivity contribution in [3.63, 3.8) is 0 Å². The first-order valence-electron chi connectivity index (χ1n) is 12.9. The van der Waals surface area contributed by atoms with E-state index < -0.39 is 0 Å². The number of nitrogens with one attached hydrogen (secondary N) is 2. The van der Waals surface area contributed by atoms with Gasteiger partial charge in [-0.1, -0.05) is 24.3 Å². The monoisotopic (exact) mass is 532 g/mol. The molecule has 0 spiro atoms. The smallest absolute Gasteiger partial charge is 0.329 e. The number of anilines is 1. The molecule has 0 unspecified atom stereocenters. The molecule has 0 radical (unpaired) electrons. The fraction of sp³-hybridized carbons (Fsp3) is 0.321. The van der Waals surface area contributed by atoms with Gasteiger partial charge in [0.15, 0.2) is 0 Å². The standard InChI is InChI=1S/C28H29FN6O2S/c1-18-16-22-25(38-18)32-28(37)34(26(22)36)15-14-33-12-10-21(11-13-33)30-27-31-23-4-2-3-5-24(23)35(27)17-19-6-8-20(29)9-7-19/h2-9,16,21H,10-15,17H2,1H3,(H,30,31)(H,32,37). The highest BCUT2D eigenvalue weighted by Crippen LogP contribution is 2.24. The highest BCUT2D eigenvalue weighted by Gasteiger charge is 2.22. The number of piperidine rings is 1. The first kappa shape index (κ1) is 24.6. The number of halogens is 1. The Morgan fingerprint density at radius 3 is 2.61 bits per heavy atom. The molecule has 0 aliphatic carbocycles. The van der Waals surface area contributed by atoms with Crippen molar-refractivity contribution < 1.29 is 4.39 Å². The lowest BCUT2D eigenvalue weighted by Gasteiger charge is -2.32. The van der Waals surface area contributed by atoms with E-state index in [-0.39, 0.29) is 23.1 Å². The number of fused-ring (bicyclic) bond motifs is 2. The van der Waals surface area contributed by atoms with E-state index in [1.807, 2.05) is 31.2 Å². The second-order valence-corrected chi connectivity index (χ2v) is 11.1. The summed E-state index contributed by atoms with van der Waals surface area (Å²) in [6.45, 7) is 5.27. The van der Waals surface area contributed by atoms with Crippen LogP contribution in [0.5, 0.6) is 0 Å². The summed E-state index contributed by atoms with van der Waals surface area (Å²) in [5.41, 5.74) is 2.40. The molecule has 2 N–H and O–H groups in total. The predicted octanol–water partition coefficient (Wildman–Crippen LogP) is 4.17. The van der Waals surface area contributed by atoms with Gasteiger partial charge in [-0.25, -0.2) is 14.2 Å². The molecular formula is C28H29FN6O2S. The normalized spacial score (nSPS) is 15.0. The SMILES string of the molecule is Cc1cc2c(=O)n(CCN3CCC(Nc4nc5ccccc5n4Cc4ccc(F)cc4)CC3)c(=O)[nH]c2s1. The van der Waals surface area contributed by atoms with Gasteiger partial charge in [-0.05, 0) is 55.7 Å². The first-order chi connectivity index (χ1) is 18.4. The minimum absolute atomic E-state index is 0.218. The molecule has 0 bridgehead atoms. The maximum atomic E-state index is 13.4. The lowest BCUT2D eigenvalue weighted by molar-refractivity contribution is 0.209. The first-order valence-corrected chi connectivity index (χ1v) is 13.7. The molecule has 6 rings (SSSR count).